The Morgan fingerprint density at radius 1 is 0.960 bits per heavy atom. The zero-order chi connectivity index (χ0) is 19.2. The van der Waals surface area contributed by atoms with E-state index in [0.717, 1.165) is 6.42 Å². The van der Waals surface area contributed by atoms with Gasteiger partial charge in [0.1, 0.15) is 0 Å². The molecule has 0 spiro atoms. The van der Waals surface area contributed by atoms with E-state index in [1.807, 2.05) is 6.92 Å². The Morgan fingerprint density at radius 2 is 1.48 bits per heavy atom. The van der Waals surface area contributed by atoms with E-state index in [0.29, 0.717) is 13.2 Å². The molecule has 7 heteroatoms. The molecule has 1 rings (SSSR count). The van der Waals surface area contributed by atoms with Crippen LogP contribution in [0.5, 0.6) is 0 Å². The van der Waals surface area contributed by atoms with Crippen molar-refractivity contribution in [2.45, 2.75) is 85.6 Å². The molecule has 0 radical (unpaired) electrons. The third-order valence-electron chi connectivity index (χ3n) is 4.41. The van der Waals surface area contributed by atoms with Gasteiger partial charge in [-0.1, -0.05) is 20.8 Å². The molecule has 146 valence electrons. The largest absolute Gasteiger partial charge is 0.461 e. The summed E-state index contributed by atoms with van der Waals surface area (Å²) in [6.07, 6.45) is -1.65. The predicted molar refractivity (Wildman–Crippen MR) is 90.9 cm³/mol. The summed E-state index contributed by atoms with van der Waals surface area (Å²) in [6, 6.07) is 0. The molecular weight excluding hydrogens is 328 g/mol. The van der Waals surface area contributed by atoms with Crippen LogP contribution < -0.4 is 0 Å². The molecule has 0 bridgehead atoms. The summed E-state index contributed by atoms with van der Waals surface area (Å²) in [5.74, 6) is -1.17. The van der Waals surface area contributed by atoms with Crippen molar-refractivity contribution in [3.8, 4) is 0 Å². The van der Waals surface area contributed by atoms with Crippen molar-refractivity contribution in [3.63, 3.8) is 0 Å². The van der Waals surface area contributed by atoms with Crippen molar-refractivity contribution >= 4 is 11.9 Å². The zero-order valence-electron chi connectivity index (χ0n) is 16.4. The number of esters is 2. The van der Waals surface area contributed by atoms with Gasteiger partial charge in [-0.2, -0.15) is 0 Å². The van der Waals surface area contributed by atoms with Crippen LogP contribution in [-0.2, 0) is 33.3 Å². The lowest BCUT2D eigenvalue weighted by atomic mass is 9.85. The average molecular weight is 360 g/mol. The number of ether oxygens (including phenoxy) is 5. The fourth-order valence-corrected chi connectivity index (χ4v) is 1.99. The lowest BCUT2D eigenvalue weighted by molar-refractivity contribution is -0.180. The van der Waals surface area contributed by atoms with Crippen LogP contribution in [0.4, 0.5) is 0 Å². The van der Waals surface area contributed by atoms with Crippen LogP contribution in [0.3, 0.4) is 0 Å². The first-order valence-corrected chi connectivity index (χ1v) is 8.88. The van der Waals surface area contributed by atoms with Gasteiger partial charge in [-0.3, -0.25) is 0 Å². The van der Waals surface area contributed by atoms with E-state index in [9.17, 15) is 9.59 Å². The van der Waals surface area contributed by atoms with Gasteiger partial charge in [-0.25, -0.2) is 9.59 Å². The van der Waals surface area contributed by atoms with E-state index >= 15 is 0 Å². The molecule has 1 aliphatic rings. The van der Waals surface area contributed by atoms with Crippen molar-refractivity contribution in [2.24, 2.45) is 5.41 Å². The Balaban J connectivity index is 2.20. The van der Waals surface area contributed by atoms with Gasteiger partial charge in [0.15, 0.2) is 18.5 Å². The molecule has 1 aliphatic heterocycles. The molecule has 0 aromatic heterocycles. The highest BCUT2D eigenvalue weighted by Gasteiger charge is 2.53. The Morgan fingerprint density at radius 3 is 2.00 bits per heavy atom. The van der Waals surface area contributed by atoms with Crippen LogP contribution in [0.2, 0.25) is 0 Å². The van der Waals surface area contributed by atoms with E-state index in [1.54, 1.807) is 20.8 Å². The van der Waals surface area contributed by atoms with Gasteiger partial charge < -0.3 is 23.7 Å². The van der Waals surface area contributed by atoms with Crippen molar-refractivity contribution in [3.05, 3.63) is 0 Å². The van der Waals surface area contributed by atoms with Gasteiger partial charge in [0.2, 0.25) is 0 Å². The molecule has 0 N–H and O–H groups in total. The maximum atomic E-state index is 11.9. The van der Waals surface area contributed by atoms with Crippen molar-refractivity contribution < 1.29 is 33.3 Å². The normalized spacial score (nSPS) is 22.4. The smallest absolute Gasteiger partial charge is 0.340 e. The molecule has 1 fully saturated rings. The van der Waals surface area contributed by atoms with Gasteiger partial charge in [0.05, 0.1) is 25.4 Å². The number of hydrogen-bond donors (Lipinski definition) is 0. The second kappa shape index (κ2) is 9.50. The van der Waals surface area contributed by atoms with E-state index in [1.165, 1.54) is 0 Å². The monoisotopic (exact) mass is 360 g/mol. The van der Waals surface area contributed by atoms with E-state index < -0.39 is 30.4 Å². The van der Waals surface area contributed by atoms with Gasteiger partial charge in [0.25, 0.3) is 0 Å². The number of carbonyl (C=O) groups excluding carboxylic acids is 2. The van der Waals surface area contributed by atoms with Crippen molar-refractivity contribution in [1.82, 2.24) is 0 Å². The Bertz CT molecular complexity index is 447. The van der Waals surface area contributed by atoms with Crippen LogP contribution in [0.15, 0.2) is 0 Å². The Labute approximate surface area is 150 Å². The SMILES string of the molecule is CCC(C)(C)C(C)OCCOC(C)OC(=O)C1OC1C(=O)OC(C)C. The maximum absolute atomic E-state index is 11.9. The van der Waals surface area contributed by atoms with Gasteiger partial charge >= 0.3 is 11.9 Å². The first-order chi connectivity index (χ1) is 11.6. The summed E-state index contributed by atoms with van der Waals surface area (Å²) >= 11 is 0. The van der Waals surface area contributed by atoms with E-state index in [-0.39, 0.29) is 17.6 Å². The third-order valence-corrected chi connectivity index (χ3v) is 4.41. The average Bonchev–Trinajstić information content (AvgIpc) is 3.31. The van der Waals surface area contributed by atoms with E-state index in [4.69, 9.17) is 23.7 Å². The summed E-state index contributed by atoms with van der Waals surface area (Å²) in [5, 5.41) is 0. The standard InChI is InChI=1S/C18H32O7/c1-8-18(6,7)12(4)21-9-10-22-13(5)24-17(20)15-14(25-15)16(19)23-11(2)3/h11-15H,8-10H2,1-7H3. The molecule has 1 heterocycles. The molecule has 0 aliphatic carbocycles. The molecule has 25 heavy (non-hydrogen) atoms. The number of hydrogen-bond acceptors (Lipinski definition) is 7. The topological polar surface area (TPSA) is 83.6 Å². The molecular formula is C18H32O7. The first-order valence-electron chi connectivity index (χ1n) is 8.88. The van der Waals surface area contributed by atoms with E-state index in [2.05, 4.69) is 20.8 Å². The van der Waals surface area contributed by atoms with Crippen molar-refractivity contribution in [2.75, 3.05) is 13.2 Å². The lowest BCUT2D eigenvalue weighted by Gasteiger charge is -2.30. The summed E-state index contributed by atoms with van der Waals surface area (Å²) in [5.41, 5.74) is 0.0982. The second-order valence-electron chi connectivity index (χ2n) is 7.19. The molecule has 4 unspecified atom stereocenters. The van der Waals surface area contributed by atoms with Crippen LogP contribution in [0.1, 0.15) is 54.9 Å². The highest BCUT2D eigenvalue weighted by molar-refractivity contribution is 5.90. The zero-order valence-corrected chi connectivity index (χ0v) is 16.4. The molecule has 0 aromatic rings. The minimum absolute atomic E-state index is 0.0982. The summed E-state index contributed by atoms with van der Waals surface area (Å²) in [6.45, 7) is 14.3. The van der Waals surface area contributed by atoms with Crippen LogP contribution in [0, 0.1) is 5.41 Å². The van der Waals surface area contributed by atoms with Gasteiger partial charge in [-0.15, -0.1) is 0 Å². The highest BCUT2D eigenvalue weighted by atomic mass is 16.7. The van der Waals surface area contributed by atoms with Crippen molar-refractivity contribution in [1.29, 1.82) is 0 Å². The fourth-order valence-electron chi connectivity index (χ4n) is 1.99. The highest BCUT2D eigenvalue weighted by Crippen LogP contribution is 2.27. The predicted octanol–water partition coefficient (Wildman–Crippen LogP) is 2.45. The Hall–Kier alpha value is -1.18. The molecule has 0 saturated carbocycles. The second-order valence-corrected chi connectivity index (χ2v) is 7.19. The summed E-state index contributed by atoms with van der Waals surface area (Å²) in [4.78, 5) is 23.5. The first kappa shape index (κ1) is 21.9. The lowest BCUT2D eigenvalue weighted by Crippen LogP contribution is -2.30. The van der Waals surface area contributed by atoms with Crippen LogP contribution in [-0.4, -0.2) is 55.9 Å². The molecule has 4 atom stereocenters. The molecule has 7 nitrogen and oxygen atoms in total. The fraction of sp³-hybridized carbons (Fsp3) is 0.889. The summed E-state index contributed by atoms with van der Waals surface area (Å²) < 4.78 is 26.3. The number of epoxide rings is 1. The molecule has 1 saturated heterocycles. The number of rotatable bonds is 11. The minimum atomic E-state index is -0.904. The van der Waals surface area contributed by atoms with Gasteiger partial charge in [-0.05, 0) is 39.5 Å². The molecule has 0 amide bonds. The quantitative estimate of drug-likeness (QED) is 0.242. The van der Waals surface area contributed by atoms with Crippen LogP contribution in [0.25, 0.3) is 0 Å². The number of carbonyl (C=O) groups is 2. The minimum Gasteiger partial charge on any atom is -0.461 e. The third kappa shape index (κ3) is 7.30. The van der Waals surface area contributed by atoms with Crippen LogP contribution >= 0.6 is 0 Å². The summed E-state index contributed by atoms with van der Waals surface area (Å²) in [7, 11) is 0. The molecule has 0 aromatic carbocycles. The maximum Gasteiger partial charge on any atom is 0.340 e. The van der Waals surface area contributed by atoms with Gasteiger partial charge in [0, 0.05) is 0 Å². The Kier molecular flexibility index (Phi) is 8.31.